The number of likely N-dealkylation sites (tertiary alicyclic amines) is 2. The zero-order valence-corrected chi connectivity index (χ0v) is 15.0. The highest BCUT2D eigenvalue weighted by atomic mass is 16.3. The largest absolute Gasteiger partial charge is 0.394 e. The van der Waals surface area contributed by atoms with Crippen LogP contribution in [0.1, 0.15) is 38.2 Å². The zero-order valence-electron chi connectivity index (χ0n) is 15.0. The minimum absolute atomic E-state index is 0.0000742. The third kappa shape index (κ3) is 3.71. The van der Waals surface area contributed by atoms with Crippen LogP contribution in [0, 0.1) is 5.92 Å². The predicted molar refractivity (Wildman–Crippen MR) is 95.9 cm³/mol. The van der Waals surface area contributed by atoms with Crippen LogP contribution in [0.15, 0.2) is 30.3 Å². The van der Waals surface area contributed by atoms with E-state index in [1.807, 2.05) is 28.0 Å². The normalized spacial score (nSPS) is 24.6. The number of piperidine rings is 1. The Kier molecular flexibility index (Phi) is 5.42. The Balaban J connectivity index is 1.71. The van der Waals surface area contributed by atoms with Gasteiger partial charge in [-0.05, 0) is 37.7 Å². The number of benzene rings is 1. The molecule has 0 spiro atoms. The minimum Gasteiger partial charge on any atom is -0.394 e. The topological polar surface area (TPSA) is 60.9 Å². The van der Waals surface area contributed by atoms with Gasteiger partial charge in [0.15, 0.2) is 0 Å². The maximum Gasteiger partial charge on any atom is 0.226 e. The quantitative estimate of drug-likeness (QED) is 0.907. The molecule has 1 N–H and O–H groups in total. The summed E-state index contributed by atoms with van der Waals surface area (Å²) in [5.41, 5.74) is 0.679. The number of amides is 2. The molecule has 1 aromatic carbocycles. The Morgan fingerprint density at radius 1 is 1.16 bits per heavy atom. The summed E-state index contributed by atoms with van der Waals surface area (Å²) in [6, 6.07) is 10.1. The second kappa shape index (κ2) is 7.56. The molecule has 2 aliphatic rings. The van der Waals surface area contributed by atoms with Crippen LogP contribution in [0.4, 0.5) is 0 Å². The number of hydrogen-bond acceptors (Lipinski definition) is 3. The van der Waals surface area contributed by atoms with Gasteiger partial charge in [0, 0.05) is 32.5 Å². The van der Waals surface area contributed by atoms with Gasteiger partial charge in [-0.1, -0.05) is 30.3 Å². The molecule has 5 nitrogen and oxygen atoms in total. The lowest BCUT2D eigenvalue weighted by molar-refractivity contribution is -0.144. The molecule has 136 valence electrons. The molecule has 2 amide bonds. The van der Waals surface area contributed by atoms with Gasteiger partial charge < -0.3 is 14.9 Å². The van der Waals surface area contributed by atoms with Crippen molar-refractivity contribution < 1.29 is 14.7 Å². The van der Waals surface area contributed by atoms with Gasteiger partial charge in [0.05, 0.1) is 12.1 Å². The molecule has 0 saturated carbocycles. The van der Waals surface area contributed by atoms with Crippen LogP contribution in [0.2, 0.25) is 0 Å². The van der Waals surface area contributed by atoms with Gasteiger partial charge in [0.1, 0.15) is 0 Å². The van der Waals surface area contributed by atoms with Crippen LogP contribution in [0.5, 0.6) is 0 Å². The van der Waals surface area contributed by atoms with Gasteiger partial charge in [-0.25, -0.2) is 0 Å². The summed E-state index contributed by atoms with van der Waals surface area (Å²) in [5, 5.41) is 10.2. The molecule has 2 aliphatic heterocycles. The Morgan fingerprint density at radius 3 is 2.44 bits per heavy atom. The molecule has 5 heteroatoms. The lowest BCUT2D eigenvalue weighted by Crippen LogP contribution is -2.54. The Hall–Kier alpha value is -1.88. The Bertz CT molecular complexity index is 611. The smallest absolute Gasteiger partial charge is 0.226 e. The van der Waals surface area contributed by atoms with Gasteiger partial charge in [0.2, 0.25) is 11.8 Å². The number of aliphatic hydroxyl groups is 1. The van der Waals surface area contributed by atoms with Crippen molar-refractivity contribution in [1.82, 2.24) is 9.80 Å². The molecule has 0 unspecified atom stereocenters. The molecule has 2 heterocycles. The van der Waals surface area contributed by atoms with E-state index in [9.17, 15) is 14.7 Å². The van der Waals surface area contributed by atoms with Crippen molar-refractivity contribution in [2.75, 3.05) is 26.2 Å². The summed E-state index contributed by atoms with van der Waals surface area (Å²) in [5.74, 6) is 0.210. The number of nitrogens with zero attached hydrogens (tertiary/aromatic N) is 2. The van der Waals surface area contributed by atoms with Crippen LogP contribution in [0.3, 0.4) is 0 Å². The Morgan fingerprint density at radius 2 is 1.84 bits per heavy atom. The summed E-state index contributed by atoms with van der Waals surface area (Å²) < 4.78 is 0. The summed E-state index contributed by atoms with van der Waals surface area (Å²) >= 11 is 0. The standard InChI is InChI=1S/C20H28N2O3/c1-16(24)21-12-8-18(9-13-21)19(25)22-11-5-10-20(22,15-23)14-17-6-3-2-4-7-17/h2-4,6-7,18,23H,5,8-15H2,1H3/t20-/m1/s1. The zero-order chi connectivity index (χ0) is 17.9. The van der Waals surface area contributed by atoms with E-state index in [0.717, 1.165) is 37.8 Å². The molecule has 0 bridgehead atoms. The predicted octanol–water partition coefficient (Wildman–Crippen LogP) is 1.84. The lowest BCUT2D eigenvalue weighted by Gasteiger charge is -2.41. The maximum absolute atomic E-state index is 13.2. The van der Waals surface area contributed by atoms with Crippen molar-refractivity contribution in [2.24, 2.45) is 5.92 Å². The molecule has 1 atom stereocenters. The molecule has 2 saturated heterocycles. The van der Waals surface area contributed by atoms with E-state index in [2.05, 4.69) is 12.1 Å². The third-order valence-electron chi connectivity index (χ3n) is 5.82. The van der Waals surface area contributed by atoms with Crippen LogP contribution in [-0.4, -0.2) is 58.5 Å². The number of carbonyl (C=O) groups is 2. The van der Waals surface area contributed by atoms with Gasteiger partial charge >= 0.3 is 0 Å². The van der Waals surface area contributed by atoms with Gasteiger partial charge in [-0.2, -0.15) is 0 Å². The summed E-state index contributed by atoms with van der Waals surface area (Å²) in [4.78, 5) is 28.4. The summed E-state index contributed by atoms with van der Waals surface area (Å²) in [6.45, 7) is 3.62. The summed E-state index contributed by atoms with van der Waals surface area (Å²) in [7, 11) is 0. The van der Waals surface area contributed by atoms with Crippen LogP contribution in [0.25, 0.3) is 0 Å². The van der Waals surface area contributed by atoms with E-state index in [1.54, 1.807) is 6.92 Å². The first-order chi connectivity index (χ1) is 12.1. The van der Waals surface area contributed by atoms with E-state index >= 15 is 0 Å². The van der Waals surface area contributed by atoms with Crippen LogP contribution in [-0.2, 0) is 16.0 Å². The van der Waals surface area contributed by atoms with Crippen molar-refractivity contribution in [3.63, 3.8) is 0 Å². The first kappa shape index (κ1) is 17.9. The first-order valence-corrected chi connectivity index (χ1v) is 9.27. The first-order valence-electron chi connectivity index (χ1n) is 9.27. The lowest BCUT2D eigenvalue weighted by atomic mass is 9.87. The second-order valence-corrected chi connectivity index (χ2v) is 7.42. The van der Waals surface area contributed by atoms with Gasteiger partial charge in [-0.3, -0.25) is 9.59 Å². The molecular formula is C20H28N2O3. The monoisotopic (exact) mass is 344 g/mol. The fraction of sp³-hybridized carbons (Fsp3) is 0.600. The number of aliphatic hydroxyl groups excluding tert-OH is 1. The fourth-order valence-electron chi connectivity index (χ4n) is 4.32. The number of carbonyl (C=O) groups excluding carboxylic acids is 2. The van der Waals surface area contributed by atoms with Crippen molar-refractivity contribution >= 4 is 11.8 Å². The molecule has 1 aromatic rings. The van der Waals surface area contributed by atoms with Crippen molar-refractivity contribution in [3.8, 4) is 0 Å². The van der Waals surface area contributed by atoms with E-state index in [0.29, 0.717) is 19.5 Å². The molecule has 2 fully saturated rings. The van der Waals surface area contributed by atoms with E-state index in [-0.39, 0.29) is 24.3 Å². The average molecular weight is 344 g/mol. The highest BCUT2D eigenvalue weighted by molar-refractivity contribution is 5.81. The number of rotatable bonds is 4. The molecule has 3 rings (SSSR count). The van der Waals surface area contributed by atoms with Crippen molar-refractivity contribution in [2.45, 2.75) is 44.6 Å². The second-order valence-electron chi connectivity index (χ2n) is 7.42. The van der Waals surface area contributed by atoms with Gasteiger partial charge in [-0.15, -0.1) is 0 Å². The SMILES string of the molecule is CC(=O)N1CCC(C(=O)N2CCC[C@]2(CO)Cc2ccccc2)CC1. The third-order valence-corrected chi connectivity index (χ3v) is 5.82. The molecule has 25 heavy (non-hydrogen) atoms. The fourth-order valence-corrected chi connectivity index (χ4v) is 4.32. The summed E-state index contributed by atoms with van der Waals surface area (Å²) in [6.07, 6.45) is 3.92. The molecule has 0 aromatic heterocycles. The average Bonchev–Trinajstić information content (AvgIpc) is 3.06. The van der Waals surface area contributed by atoms with E-state index in [4.69, 9.17) is 0 Å². The van der Waals surface area contributed by atoms with Crippen LogP contribution >= 0.6 is 0 Å². The maximum atomic E-state index is 13.2. The van der Waals surface area contributed by atoms with E-state index < -0.39 is 5.54 Å². The Labute approximate surface area is 149 Å². The molecule has 0 aliphatic carbocycles. The molecular weight excluding hydrogens is 316 g/mol. The van der Waals surface area contributed by atoms with Crippen molar-refractivity contribution in [3.05, 3.63) is 35.9 Å². The highest BCUT2D eigenvalue weighted by Gasteiger charge is 2.45. The number of hydrogen-bond donors (Lipinski definition) is 1. The molecule has 0 radical (unpaired) electrons. The minimum atomic E-state index is -0.476. The van der Waals surface area contributed by atoms with Gasteiger partial charge in [0.25, 0.3) is 0 Å². The van der Waals surface area contributed by atoms with Crippen LogP contribution < -0.4 is 0 Å². The highest BCUT2D eigenvalue weighted by Crippen LogP contribution is 2.35. The van der Waals surface area contributed by atoms with E-state index in [1.165, 1.54) is 0 Å². The van der Waals surface area contributed by atoms with Crippen molar-refractivity contribution in [1.29, 1.82) is 0 Å².